The number of hydrogen-bond donors (Lipinski definition) is 9. The lowest BCUT2D eigenvalue weighted by Gasteiger charge is -2.26. The number of nitrogens with zero attached hydrogens (tertiary/aromatic N) is 2. The second-order valence-electron chi connectivity index (χ2n) is 14.0. The van der Waals surface area contributed by atoms with Crippen molar-refractivity contribution >= 4 is 87.8 Å². The molecule has 3 rings (SSSR count). The van der Waals surface area contributed by atoms with Gasteiger partial charge in [0.2, 0.25) is 17.7 Å². The number of amides is 7. The number of unbranched alkanes of at least 4 members (excludes halogenated alkanes) is 1. The van der Waals surface area contributed by atoms with Gasteiger partial charge in [0.25, 0.3) is 23.6 Å². The maximum Gasteiger partial charge on any atom is 0.363 e. The number of carboxylic acids is 3. The highest BCUT2D eigenvalue weighted by Gasteiger charge is 2.34. The van der Waals surface area contributed by atoms with Crippen LogP contribution in [0.2, 0.25) is 0 Å². The van der Waals surface area contributed by atoms with E-state index >= 15 is 0 Å². The fourth-order valence-electron chi connectivity index (χ4n) is 5.85. The van der Waals surface area contributed by atoms with Gasteiger partial charge in [0, 0.05) is 60.4 Å². The first-order valence-corrected chi connectivity index (χ1v) is 20.5. The topological polar surface area (TPSA) is 354 Å². The molecule has 24 heteroatoms. The van der Waals surface area contributed by atoms with E-state index in [0.29, 0.717) is 17.0 Å². The van der Waals surface area contributed by atoms with Gasteiger partial charge in [-0.1, -0.05) is 6.07 Å². The third kappa shape index (κ3) is 17.0. The predicted molar refractivity (Wildman–Crippen MR) is 221 cm³/mol. The van der Waals surface area contributed by atoms with Crippen molar-refractivity contribution in [2.75, 3.05) is 13.2 Å². The number of pyridine rings is 1. The van der Waals surface area contributed by atoms with Gasteiger partial charge in [0.05, 0.1) is 11.1 Å². The molecule has 0 spiro atoms. The molecule has 7 amide bonds. The molecule has 0 bridgehead atoms. The Bertz CT molecular complexity index is 2050. The maximum absolute atomic E-state index is 13.6. The Morgan fingerprint density at radius 1 is 0.667 bits per heavy atom. The number of hydrogen-bond acceptors (Lipinski definition) is 14. The first-order chi connectivity index (χ1) is 29.9. The highest BCUT2D eigenvalue weighted by atomic mass is 127. The highest BCUT2D eigenvalue weighted by molar-refractivity contribution is 14.1. The van der Waals surface area contributed by atoms with E-state index in [1.54, 1.807) is 12.3 Å². The van der Waals surface area contributed by atoms with Crippen molar-refractivity contribution in [1.82, 2.24) is 36.6 Å². The van der Waals surface area contributed by atoms with Gasteiger partial charge < -0.3 is 51.8 Å². The van der Waals surface area contributed by atoms with Crippen LogP contribution in [0.1, 0.15) is 102 Å². The summed E-state index contributed by atoms with van der Waals surface area (Å²) in [6.07, 6.45) is 0.234. The number of aromatic nitrogens is 1. The maximum atomic E-state index is 13.6. The normalized spacial score (nSPS) is 14.0. The van der Waals surface area contributed by atoms with Gasteiger partial charge in [0.15, 0.2) is 0 Å². The number of hydroxylamine groups is 2. The third-order valence-corrected chi connectivity index (χ3v) is 9.75. The van der Waals surface area contributed by atoms with Crippen molar-refractivity contribution < 1.29 is 78.0 Å². The largest absolute Gasteiger partial charge is 0.481 e. The molecule has 1 aliphatic heterocycles. The van der Waals surface area contributed by atoms with Crippen molar-refractivity contribution in [1.29, 1.82) is 0 Å². The molecule has 2 heterocycles. The van der Waals surface area contributed by atoms with Crippen LogP contribution in [0, 0.1) is 3.57 Å². The number of aliphatic hydroxyl groups excluding tert-OH is 1. The monoisotopic (exact) mass is 995 g/mol. The number of aliphatic hydroxyl groups is 1. The number of halogens is 1. The van der Waals surface area contributed by atoms with Crippen LogP contribution in [-0.4, -0.2) is 133 Å². The van der Waals surface area contributed by atoms with E-state index < -0.39 is 122 Å². The van der Waals surface area contributed by atoms with Crippen LogP contribution in [0.15, 0.2) is 42.7 Å². The van der Waals surface area contributed by atoms with Crippen molar-refractivity contribution in [2.24, 2.45) is 0 Å². The van der Waals surface area contributed by atoms with Crippen molar-refractivity contribution in [3.05, 3.63) is 63.0 Å². The average molecular weight is 996 g/mol. The van der Waals surface area contributed by atoms with E-state index in [-0.39, 0.29) is 56.2 Å². The Hall–Kier alpha value is -6.57. The summed E-state index contributed by atoms with van der Waals surface area (Å²) in [5.74, 6) is -11.5. The number of carboxylic acid groups (broad SMARTS) is 3. The van der Waals surface area contributed by atoms with Crippen molar-refractivity contribution in [3.63, 3.8) is 0 Å². The van der Waals surface area contributed by atoms with Gasteiger partial charge in [0.1, 0.15) is 24.2 Å². The van der Waals surface area contributed by atoms with Gasteiger partial charge >= 0.3 is 23.9 Å². The molecule has 63 heavy (non-hydrogen) atoms. The molecule has 4 atom stereocenters. The number of carbonyl (C=O) groups excluding carboxylic acids is 8. The van der Waals surface area contributed by atoms with Crippen LogP contribution in [0.25, 0.3) is 0 Å². The Labute approximate surface area is 372 Å². The average Bonchev–Trinajstić information content (AvgIpc) is 3.56. The molecule has 0 unspecified atom stereocenters. The SMILES string of the molecule is O=C(O)CC[C@@H](NC(=O)[C@@H](CCC(=O)O)NC(=O)[C@@H](CCCO)NC(=O)c1cccc(C(=O)ON2C(=O)CCC2=O)c1)C(=O)N[C@H](CCCCNC(=O)c1cncc(I)c1)C(=O)O. The highest BCUT2D eigenvalue weighted by Crippen LogP contribution is 2.16. The number of imide groups is 1. The van der Waals surface area contributed by atoms with Gasteiger partial charge in [-0.05, 0) is 91.8 Å². The molecule has 0 radical (unpaired) electrons. The van der Waals surface area contributed by atoms with Crippen LogP contribution >= 0.6 is 22.6 Å². The number of carbonyl (C=O) groups is 11. The Balaban J connectivity index is 1.70. The summed E-state index contributed by atoms with van der Waals surface area (Å²) in [5.41, 5.74) is -0.116. The lowest BCUT2D eigenvalue weighted by atomic mass is 10.0. The fourth-order valence-corrected chi connectivity index (χ4v) is 6.34. The first-order valence-electron chi connectivity index (χ1n) is 19.5. The molecule has 0 saturated carbocycles. The molecule has 2 aromatic rings. The molecular weight excluding hydrogens is 949 g/mol. The molecular formula is C39H46IN7O16. The molecule has 340 valence electrons. The Morgan fingerprint density at radius 2 is 1.21 bits per heavy atom. The van der Waals surface area contributed by atoms with Crippen molar-refractivity contribution in [3.8, 4) is 0 Å². The zero-order valence-electron chi connectivity index (χ0n) is 33.5. The summed E-state index contributed by atoms with van der Waals surface area (Å²) in [6.45, 7) is -0.287. The number of nitrogens with one attached hydrogen (secondary N) is 5. The third-order valence-electron chi connectivity index (χ3n) is 9.16. The lowest BCUT2D eigenvalue weighted by Crippen LogP contribution is -2.57. The van der Waals surface area contributed by atoms with Crippen LogP contribution in [0.3, 0.4) is 0 Å². The molecule has 1 fully saturated rings. The van der Waals surface area contributed by atoms with Gasteiger partial charge in [-0.25, -0.2) is 9.59 Å². The van der Waals surface area contributed by atoms with Crippen LogP contribution < -0.4 is 26.6 Å². The van der Waals surface area contributed by atoms with E-state index in [0.717, 1.165) is 9.64 Å². The van der Waals surface area contributed by atoms with Crippen LogP contribution in [0.5, 0.6) is 0 Å². The fraction of sp³-hybridized carbons (Fsp3) is 0.436. The minimum absolute atomic E-state index is 0.0592. The van der Waals surface area contributed by atoms with E-state index in [1.165, 1.54) is 24.4 Å². The number of benzene rings is 1. The first kappa shape index (κ1) is 50.8. The Morgan fingerprint density at radius 3 is 1.75 bits per heavy atom. The van der Waals surface area contributed by atoms with E-state index in [4.69, 9.17) is 4.84 Å². The number of aliphatic carboxylic acids is 3. The Kier molecular flexibility index (Phi) is 20.5. The molecule has 1 aromatic heterocycles. The second kappa shape index (κ2) is 25.4. The van der Waals surface area contributed by atoms with Gasteiger partial charge in [-0.15, -0.1) is 5.06 Å². The zero-order valence-corrected chi connectivity index (χ0v) is 35.7. The predicted octanol–water partition coefficient (Wildman–Crippen LogP) is -0.353. The minimum atomic E-state index is -1.71. The van der Waals surface area contributed by atoms with Gasteiger partial charge in [-0.2, -0.15) is 0 Å². The molecule has 1 aromatic carbocycles. The summed E-state index contributed by atoms with van der Waals surface area (Å²) >= 11 is 2.00. The van der Waals surface area contributed by atoms with E-state index in [9.17, 15) is 73.2 Å². The number of rotatable bonds is 26. The standard InChI is InChI=1S/C39H46IN7O16/c40-24-18-23(19-41-20-24)33(55)42-15-2-1-7-28(38(60)61)46-37(59)27(10-14-32(53)54)45-36(58)26(9-13-31(51)52)44-35(57)25(8-4-16-48)43-34(56)21-5-3-6-22(17-21)39(62)63-47-29(49)11-12-30(47)50/h3,5-6,17-20,25-28,48H,1-2,4,7-16H2,(H,42,55)(H,43,56)(H,44,57)(H,45,58)(H,46,59)(H,51,52)(H,53,54)(H,60,61)/t25-,26-,27-,28-/m1/s1. The molecule has 1 aliphatic rings. The van der Waals surface area contributed by atoms with E-state index in [2.05, 4.69) is 31.6 Å². The second-order valence-corrected chi connectivity index (χ2v) is 15.2. The molecule has 1 saturated heterocycles. The summed E-state index contributed by atoms with van der Waals surface area (Å²) in [7, 11) is 0. The smallest absolute Gasteiger partial charge is 0.363 e. The summed E-state index contributed by atoms with van der Waals surface area (Å²) in [5, 5.41) is 50.2. The summed E-state index contributed by atoms with van der Waals surface area (Å²) < 4.78 is 0.742. The quantitative estimate of drug-likeness (QED) is 0.0330. The summed E-state index contributed by atoms with van der Waals surface area (Å²) in [4.78, 5) is 147. The molecule has 9 N–H and O–H groups in total. The minimum Gasteiger partial charge on any atom is -0.481 e. The van der Waals surface area contributed by atoms with Gasteiger partial charge in [-0.3, -0.25) is 48.1 Å². The van der Waals surface area contributed by atoms with E-state index in [1.807, 2.05) is 22.6 Å². The van der Waals surface area contributed by atoms with Crippen LogP contribution in [-0.2, 0) is 43.2 Å². The zero-order chi connectivity index (χ0) is 46.6. The summed E-state index contributed by atoms with van der Waals surface area (Å²) in [6, 6.07) is 0.0294. The lowest BCUT2D eigenvalue weighted by molar-refractivity contribution is -0.172. The van der Waals surface area contributed by atoms with Crippen LogP contribution in [0.4, 0.5) is 0 Å². The molecule has 0 aliphatic carbocycles. The molecule has 23 nitrogen and oxygen atoms in total. The van der Waals surface area contributed by atoms with Crippen molar-refractivity contribution in [2.45, 2.75) is 94.8 Å².